The van der Waals surface area contributed by atoms with E-state index >= 15 is 0 Å². The summed E-state index contributed by atoms with van der Waals surface area (Å²) >= 11 is 1.57. The summed E-state index contributed by atoms with van der Waals surface area (Å²) < 4.78 is 28.3. The molecule has 1 amide bonds. The van der Waals surface area contributed by atoms with Gasteiger partial charge in [0, 0.05) is 24.3 Å². The number of hydrogen-bond acceptors (Lipinski definition) is 5. The topological polar surface area (TPSA) is 79.4 Å². The fourth-order valence-corrected chi connectivity index (χ4v) is 6.08. The van der Waals surface area contributed by atoms with E-state index in [-0.39, 0.29) is 10.8 Å². The first-order valence-corrected chi connectivity index (χ1v) is 11.9. The number of aryl methyl sites for hydroxylation is 1. The molecule has 1 aliphatic heterocycles. The van der Waals surface area contributed by atoms with Crippen LogP contribution in [-0.4, -0.2) is 36.7 Å². The highest BCUT2D eigenvalue weighted by Gasteiger charge is 2.28. The summed E-state index contributed by atoms with van der Waals surface area (Å²) in [4.78, 5) is 17.2. The Balaban J connectivity index is 1.49. The first kappa shape index (κ1) is 20.0. The molecule has 0 saturated carbocycles. The van der Waals surface area contributed by atoms with Crippen LogP contribution >= 0.6 is 11.3 Å². The number of hydrogen-bond donors (Lipinski definition) is 1. The van der Waals surface area contributed by atoms with Crippen LogP contribution in [0.5, 0.6) is 0 Å². The average molecular weight is 430 g/mol. The highest BCUT2D eigenvalue weighted by Crippen LogP contribution is 2.26. The third kappa shape index (κ3) is 4.19. The average Bonchev–Trinajstić information content (AvgIpc) is 3.07. The smallest absolute Gasteiger partial charge is 0.255 e. The van der Waals surface area contributed by atoms with Gasteiger partial charge in [0.1, 0.15) is 0 Å². The molecule has 2 heterocycles. The fraction of sp³-hybridized carbons (Fsp3) is 0.333. The number of fused-ring (bicyclic) bond motifs is 1. The highest BCUT2D eigenvalue weighted by molar-refractivity contribution is 7.89. The molecule has 1 N–H and O–H groups in total. The number of nitrogens with zero attached hydrogens (tertiary/aromatic N) is 2. The minimum atomic E-state index is -3.52. The van der Waals surface area contributed by atoms with E-state index in [1.165, 1.54) is 12.1 Å². The van der Waals surface area contributed by atoms with Crippen LogP contribution in [0.3, 0.4) is 0 Å². The van der Waals surface area contributed by atoms with E-state index in [4.69, 9.17) is 0 Å². The molecule has 29 heavy (non-hydrogen) atoms. The zero-order valence-corrected chi connectivity index (χ0v) is 18.0. The molecule has 1 saturated heterocycles. The number of aromatic nitrogens is 1. The summed E-state index contributed by atoms with van der Waals surface area (Å²) in [6.07, 6.45) is 1.93. The van der Waals surface area contributed by atoms with Crippen LogP contribution in [0, 0.1) is 12.8 Å². The molecular formula is C21H23N3O3S2. The van der Waals surface area contributed by atoms with E-state index in [0.29, 0.717) is 30.3 Å². The molecule has 1 aromatic heterocycles. The number of thiazole rings is 1. The van der Waals surface area contributed by atoms with Crippen LogP contribution in [0.1, 0.15) is 35.1 Å². The number of nitrogens with one attached hydrogen (secondary N) is 1. The van der Waals surface area contributed by atoms with E-state index in [1.807, 2.05) is 25.1 Å². The Kier molecular flexibility index (Phi) is 5.42. The van der Waals surface area contributed by atoms with Crippen molar-refractivity contribution in [3.8, 4) is 0 Å². The van der Waals surface area contributed by atoms with Crippen molar-refractivity contribution >= 4 is 43.2 Å². The van der Waals surface area contributed by atoms with Gasteiger partial charge in [0.05, 0.1) is 20.1 Å². The zero-order chi connectivity index (χ0) is 20.6. The predicted molar refractivity (Wildman–Crippen MR) is 116 cm³/mol. The fourth-order valence-electron chi connectivity index (χ4n) is 3.61. The monoisotopic (exact) mass is 429 g/mol. The SMILES string of the molecule is Cc1nc2ccc(NC(=O)c3ccc(S(=O)(=O)N4CCCC(C)C4)cc3)cc2s1. The van der Waals surface area contributed by atoms with Crippen molar-refractivity contribution in [1.82, 2.24) is 9.29 Å². The normalized spacial score (nSPS) is 18.1. The Labute approximate surface area is 174 Å². The molecule has 0 spiro atoms. The maximum Gasteiger partial charge on any atom is 0.255 e. The van der Waals surface area contributed by atoms with Gasteiger partial charge in [-0.25, -0.2) is 13.4 Å². The number of carbonyl (C=O) groups excluding carboxylic acids is 1. The molecule has 8 heteroatoms. The number of amides is 1. The van der Waals surface area contributed by atoms with Gasteiger partial charge in [0.2, 0.25) is 10.0 Å². The second kappa shape index (κ2) is 7.85. The largest absolute Gasteiger partial charge is 0.322 e. The molecule has 3 aromatic rings. The second-order valence-electron chi connectivity index (χ2n) is 7.50. The van der Waals surface area contributed by atoms with Gasteiger partial charge in [-0.05, 0) is 68.1 Å². The molecule has 0 radical (unpaired) electrons. The third-order valence-corrected chi connectivity index (χ3v) is 7.94. The first-order chi connectivity index (χ1) is 13.8. The first-order valence-electron chi connectivity index (χ1n) is 9.62. The van der Waals surface area contributed by atoms with Crippen LogP contribution in [0.25, 0.3) is 10.2 Å². The van der Waals surface area contributed by atoms with Gasteiger partial charge in [0.15, 0.2) is 0 Å². The summed E-state index contributed by atoms with van der Waals surface area (Å²) in [7, 11) is -3.52. The Morgan fingerprint density at radius 2 is 1.97 bits per heavy atom. The molecule has 1 atom stereocenters. The molecule has 0 bridgehead atoms. The Morgan fingerprint density at radius 1 is 1.21 bits per heavy atom. The lowest BCUT2D eigenvalue weighted by molar-refractivity contribution is 0.102. The quantitative estimate of drug-likeness (QED) is 0.671. The second-order valence-corrected chi connectivity index (χ2v) is 10.7. The van der Waals surface area contributed by atoms with E-state index in [1.54, 1.807) is 27.8 Å². The maximum absolute atomic E-state index is 12.9. The molecular weight excluding hydrogens is 406 g/mol. The molecule has 1 fully saturated rings. The van der Waals surface area contributed by atoms with Gasteiger partial charge in [-0.15, -0.1) is 11.3 Å². The number of rotatable bonds is 4. The van der Waals surface area contributed by atoms with Crippen LogP contribution in [-0.2, 0) is 10.0 Å². The van der Waals surface area contributed by atoms with Crippen LogP contribution in [0.4, 0.5) is 5.69 Å². The molecule has 152 valence electrons. The summed E-state index contributed by atoms with van der Waals surface area (Å²) in [5.41, 5.74) is 2.01. The van der Waals surface area contributed by atoms with Crippen molar-refractivity contribution in [2.75, 3.05) is 18.4 Å². The van der Waals surface area contributed by atoms with E-state index < -0.39 is 10.0 Å². The summed E-state index contributed by atoms with van der Waals surface area (Å²) in [6.45, 7) is 5.11. The zero-order valence-electron chi connectivity index (χ0n) is 16.4. The molecule has 0 aliphatic carbocycles. The van der Waals surface area contributed by atoms with Crippen molar-refractivity contribution in [3.05, 3.63) is 53.0 Å². The summed E-state index contributed by atoms with van der Waals surface area (Å²) in [6, 6.07) is 11.7. The van der Waals surface area contributed by atoms with Crippen LogP contribution < -0.4 is 5.32 Å². The van der Waals surface area contributed by atoms with E-state index in [2.05, 4.69) is 17.2 Å². The molecule has 2 aromatic carbocycles. The number of benzene rings is 2. The standard InChI is InChI=1S/C21H23N3O3S2/c1-14-4-3-11-24(13-14)29(26,27)18-8-5-16(6-9-18)21(25)23-17-7-10-19-20(12-17)28-15(2)22-19/h5-10,12,14H,3-4,11,13H2,1-2H3,(H,23,25). The van der Waals surface area contributed by atoms with Crippen molar-refractivity contribution in [2.24, 2.45) is 5.92 Å². The number of sulfonamides is 1. The maximum atomic E-state index is 12.9. The van der Waals surface area contributed by atoms with Gasteiger partial charge < -0.3 is 5.32 Å². The van der Waals surface area contributed by atoms with Crippen molar-refractivity contribution in [1.29, 1.82) is 0 Å². The Bertz CT molecular complexity index is 1150. The van der Waals surface area contributed by atoms with Gasteiger partial charge >= 0.3 is 0 Å². The van der Waals surface area contributed by atoms with Gasteiger partial charge in [0.25, 0.3) is 5.91 Å². The lowest BCUT2D eigenvalue weighted by Crippen LogP contribution is -2.39. The molecule has 1 unspecified atom stereocenters. The molecule has 6 nitrogen and oxygen atoms in total. The van der Waals surface area contributed by atoms with Crippen LogP contribution in [0.15, 0.2) is 47.4 Å². The summed E-state index contributed by atoms with van der Waals surface area (Å²) in [5.74, 6) is 0.0874. The van der Waals surface area contributed by atoms with E-state index in [0.717, 1.165) is 28.1 Å². The lowest BCUT2D eigenvalue weighted by Gasteiger charge is -2.30. The molecule has 4 rings (SSSR count). The minimum absolute atomic E-state index is 0.227. The third-order valence-electron chi connectivity index (χ3n) is 5.13. The number of anilines is 1. The van der Waals surface area contributed by atoms with Gasteiger partial charge in [-0.1, -0.05) is 6.92 Å². The van der Waals surface area contributed by atoms with Crippen molar-refractivity contribution in [3.63, 3.8) is 0 Å². The Hall–Kier alpha value is -2.29. The van der Waals surface area contributed by atoms with Gasteiger partial charge in [-0.2, -0.15) is 4.31 Å². The molecule has 1 aliphatic rings. The lowest BCUT2D eigenvalue weighted by atomic mass is 10.0. The van der Waals surface area contributed by atoms with Crippen LogP contribution in [0.2, 0.25) is 0 Å². The van der Waals surface area contributed by atoms with Crippen molar-refractivity contribution < 1.29 is 13.2 Å². The predicted octanol–water partition coefficient (Wildman–Crippen LogP) is 4.28. The van der Waals surface area contributed by atoms with Crippen molar-refractivity contribution in [2.45, 2.75) is 31.6 Å². The number of carbonyl (C=O) groups is 1. The minimum Gasteiger partial charge on any atom is -0.322 e. The number of piperidine rings is 1. The van der Waals surface area contributed by atoms with E-state index in [9.17, 15) is 13.2 Å². The Morgan fingerprint density at radius 3 is 2.69 bits per heavy atom. The highest BCUT2D eigenvalue weighted by atomic mass is 32.2. The van der Waals surface area contributed by atoms with Gasteiger partial charge in [-0.3, -0.25) is 4.79 Å². The summed E-state index contributed by atoms with van der Waals surface area (Å²) in [5, 5.41) is 3.84.